The van der Waals surface area contributed by atoms with Crippen molar-refractivity contribution in [2.75, 3.05) is 14.2 Å². The Morgan fingerprint density at radius 3 is 2.45 bits per heavy atom. The van der Waals surface area contributed by atoms with E-state index in [-0.39, 0.29) is 28.6 Å². The van der Waals surface area contributed by atoms with E-state index in [4.69, 9.17) is 9.47 Å². The van der Waals surface area contributed by atoms with Gasteiger partial charge in [0.25, 0.3) is 0 Å². The molecule has 3 rings (SSSR count). The largest absolute Gasteiger partial charge is 0.466 e. The van der Waals surface area contributed by atoms with Gasteiger partial charge in [-0.2, -0.15) is 0 Å². The van der Waals surface area contributed by atoms with Crippen LogP contribution in [-0.2, 0) is 28.7 Å². The number of carbonyl (C=O) groups is 4. The van der Waals surface area contributed by atoms with Gasteiger partial charge in [-0.25, -0.2) is 9.59 Å². The summed E-state index contributed by atoms with van der Waals surface area (Å²) in [6, 6.07) is 0. The maximum Gasteiger partial charge on any atom is 0.338 e. The maximum absolute atomic E-state index is 12.7. The molecule has 2 saturated carbocycles. The van der Waals surface area contributed by atoms with Crippen LogP contribution >= 0.6 is 0 Å². The van der Waals surface area contributed by atoms with Crippen molar-refractivity contribution in [1.82, 2.24) is 0 Å². The third kappa shape index (κ3) is 1.94. The van der Waals surface area contributed by atoms with Crippen LogP contribution < -0.4 is 0 Å². The second kappa shape index (κ2) is 5.19. The lowest BCUT2D eigenvalue weighted by atomic mass is 9.70. The van der Waals surface area contributed by atoms with Crippen LogP contribution in [0.5, 0.6) is 0 Å². The van der Waals surface area contributed by atoms with E-state index in [0.717, 1.165) is 0 Å². The van der Waals surface area contributed by atoms with E-state index in [9.17, 15) is 19.2 Å². The summed E-state index contributed by atoms with van der Waals surface area (Å²) in [5, 5.41) is 0. The molecule has 3 aliphatic carbocycles. The summed E-state index contributed by atoms with van der Waals surface area (Å²) in [6.07, 6.45) is 4.01. The summed E-state index contributed by atoms with van der Waals surface area (Å²) in [5.74, 6) is -3.59. The number of methoxy groups -OCH3 is 2. The molecule has 6 nitrogen and oxygen atoms in total. The van der Waals surface area contributed by atoms with Crippen molar-refractivity contribution < 1.29 is 28.7 Å². The molecule has 0 radical (unpaired) electrons. The third-order valence-corrected chi connectivity index (χ3v) is 4.86. The number of ketones is 2. The molecule has 0 aromatic carbocycles. The van der Waals surface area contributed by atoms with Gasteiger partial charge in [-0.1, -0.05) is 12.2 Å². The Kier molecular flexibility index (Phi) is 3.47. The molecule has 3 aliphatic rings. The fourth-order valence-electron chi connectivity index (χ4n) is 3.87. The normalized spacial score (nSPS) is 32.8. The maximum atomic E-state index is 12.7. The van der Waals surface area contributed by atoms with Crippen LogP contribution in [0.25, 0.3) is 0 Å². The number of Topliss-reactive ketones (excluding diaryl/α,β-unsaturated/α-hetero) is 2. The first-order valence-electron chi connectivity index (χ1n) is 7.15. The molecule has 2 fully saturated rings. The van der Waals surface area contributed by atoms with Crippen molar-refractivity contribution in [2.45, 2.75) is 12.8 Å². The lowest BCUT2D eigenvalue weighted by molar-refractivity contribution is -0.142. The van der Waals surface area contributed by atoms with Gasteiger partial charge in [-0.3, -0.25) is 9.59 Å². The van der Waals surface area contributed by atoms with Crippen LogP contribution in [0.3, 0.4) is 0 Å². The highest BCUT2D eigenvalue weighted by molar-refractivity contribution is 6.10. The van der Waals surface area contributed by atoms with Crippen molar-refractivity contribution in [3.63, 3.8) is 0 Å². The molecule has 0 N–H and O–H groups in total. The number of allylic oxidation sites excluding steroid dienone is 1. The van der Waals surface area contributed by atoms with E-state index in [1.807, 2.05) is 0 Å². The lowest BCUT2D eigenvalue weighted by Crippen LogP contribution is -2.39. The van der Waals surface area contributed by atoms with Crippen LogP contribution in [0.2, 0.25) is 0 Å². The van der Waals surface area contributed by atoms with E-state index in [1.165, 1.54) is 20.3 Å². The molecule has 4 atom stereocenters. The summed E-state index contributed by atoms with van der Waals surface area (Å²) < 4.78 is 9.46. The average molecular weight is 304 g/mol. The zero-order valence-corrected chi connectivity index (χ0v) is 12.3. The molecule has 0 aromatic heterocycles. The SMILES string of the molecule is COC(=O)C1=C(C(=O)OC)[C@H]2C(=O)[C@@H](C=C1)[C@@H]1CC(=O)[C@@H]2C1. The minimum absolute atomic E-state index is 0.00977. The Morgan fingerprint density at radius 1 is 1.14 bits per heavy atom. The Balaban J connectivity index is 2.21. The Hall–Kier alpha value is -2.24. The molecule has 0 amide bonds. The van der Waals surface area contributed by atoms with Crippen LogP contribution in [0.4, 0.5) is 0 Å². The van der Waals surface area contributed by atoms with Gasteiger partial charge < -0.3 is 9.47 Å². The quantitative estimate of drug-likeness (QED) is 0.695. The Morgan fingerprint density at radius 2 is 1.82 bits per heavy atom. The van der Waals surface area contributed by atoms with Gasteiger partial charge in [0.2, 0.25) is 0 Å². The van der Waals surface area contributed by atoms with Gasteiger partial charge in [0, 0.05) is 18.3 Å². The van der Waals surface area contributed by atoms with E-state index >= 15 is 0 Å². The zero-order chi connectivity index (χ0) is 16.0. The molecule has 4 bridgehead atoms. The molecule has 116 valence electrons. The molecular formula is C16H16O6. The third-order valence-electron chi connectivity index (χ3n) is 4.86. The van der Waals surface area contributed by atoms with E-state index in [0.29, 0.717) is 12.8 Å². The van der Waals surface area contributed by atoms with Crippen LogP contribution in [0, 0.1) is 23.7 Å². The number of esters is 2. The topological polar surface area (TPSA) is 86.7 Å². The van der Waals surface area contributed by atoms with E-state index in [1.54, 1.807) is 6.08 Å². The van der Waals surface area contributed by atoms with Crippen molar-refractivity contribution in [3.8, 4) is 0 Å². The second-order valence-electron chi connectivity index (χ2n) is 5.85. The highest BCUT2D eigenvalue weighted by Gasteiger charge is 2.55. The number of ether oxygens (including phenoxy) is 2. The van der Waals surface area contributed by atoms with Crippen molar-refractivity contribution in [1.29, 1.82) is 0 Å². The highest BCUT2D eigenvalue weighted by atomic mass is 16.5. The molecule has 0 spiro atoms. The number of rotatable bonds is 2. The number of hydrogen-bond acceptors (Lipinski definition) is 6. The highest BCUT2D eigenvalue weighted by Crippen LogP contribution is 2.49. The predicted octanol–water partition coefficient (Wildman–Crippen LogP) is 0.609. The summed E-state index contributed by atoms with van der Waals surface area (Å²) in [5.41, 5.74) is -0.0349. The monoisotopic (exact) mass is 304 g/mol. The molecule has 0 heterocycles. The lowest BCUT2D eigenvalue weighted by Gasteiger charge is -2.31. The molecule has 0 aromatic rings. The zero-order valence-electron chi connectivity index (χ0n) is 12.3. The molecule has 6 heteroatoms. The van der Waals surface area contributed by atoms with Crippen LogP contribution in [-0.4, -0.2) is 37.7 Å². The van der Waals surface area contributed by atoms with Crippen LogP contribution in [0.15, 0.2) is 23.3 Å². The number of hydrogen-bond donors (Lipinski definition) is 0. The standard InChI is InChI=1S/C16H16O6/c1-21-15(19)9-4-3-8-7-5-10(11(17)6-7)12(14(8)18)13(9)16(20)22-2/h3-4,7-8,10,12H,5-6H2,1-2H3/t7-,8-,10-,12-/m0/s1. The predicted molar refractivity (Wildman–Crippen MR) is 73.4 cm³/mol. The fraction of sp³-hybridized carbons (Fsp3) is 0.500. The van der Waals surface area contributed by atoms with Gasteiger partial charge in [0.1, 0.15) is 11.6 Å². The van der Waals surface area contributed by atoms with E-state index < -0.39 is 29.7 Å². The molecule has 22 heavy (non-hydrogen) atoms. The first-order chi connectivity index (χ1) is 10.5. The Labute approximate surface area is 127 Å². The minimum atomic E-state index is -0.909. The second-order valence-corrected chi connectivity index (χ2v) is 5.85. The summed E-state index contributed by atoms with van der Waals surface area (Å²) in [4.78, 5) is 49.1. The molecule has 0 saturated heterocycles. The van der Waals surface area contributed by atoms with Gasteiger partial charge in [-0.15, -0.1) is 0 Å². The average Bonchev–Trinajstić information content (AvgIpc) is 2.80. The number of carbonyl (C=O) groups excluding carboxylic acids is 4. The van der Waals surface area contributed by atoms with Gasteiger partial charge in [0.05, 0.1) is 31.3 Å². The van der Waals surface area contributed by atoms with E-state index in [2.05, 4.69) is 0 Å². The molecular weight excluding hydrogens is 288 g/mol. The first kappa shape index (κ1) is 14.7. The summed E-state index contributed by atoms with van der Waals surface area (Å²) in [6.45, 7) is 0. The van der Waals surface area contributed by atoms with Gasteiger partial charge >= 0.3 is 11.9 Å². The number of fused-ring (bicyclic) bond motifs is 6. The smallest absolute Gasteiger partial charge is 0.338 e. The van der Waals surface area contributed by atoms with Crippen molar-refractivity contribution >= 4 is 23.5 Å². The minimum Gasteiger partial charge on any atom is -0.466 e. The van der Waals surface area contributed by atoms with Crippen molar-refractivity contribution in [3.05, 3.63) is 23.3 Å². The fourth-order valence-corrected chi connectivity index (χ4v) is 3.87. The van der Waals surface area contributed by atoms with Crippen LogP contribution in [0.1, 0.15) is 12.8 Å². The van der Waals surface area contributed by atoms with Crippen molar-refractivity contribution in [2.24, 2.45) is 23.7 Å². The molecule has 0 unspecified atom stereocenters. The molecule has 0 aliphatic heterocycles. The summed E-state index contributed by atoms with van der Waals surface area (Å²) in [7, 11) is 2.39. The Bertz CT molecular complexity index is 641. The van der Waals surface area contributed by atoms with Gasteiger partial charge in [0.15, 0.2) is 0 Å². The van der Waals surface area contributed by atoms with Gasteiger partial charge in [-0.05, 0) is 12.3 Å². The summed E-state index contributed by atoms with van der Waals surface area (Å²) >= 11 is 0. The first-order valence-corrected chi connectivity index (χ1v) is 7.15.